The van der Waals surface area contributed by atoms with Gasteiger partial charge in [0.2, 0.25) is 0 Å². The number of benzene rings is 2. The molecule has 0 unspecified atom stereocenters. The second-order valence-corrected chi connectivity index (χ2v) is 6.12. The molecule has 3 rings (SSSR count). The molecule has 0 radical (unpaired) electrons. The van der Waals surface area contributed by atoms with Crippen molar-refractivity contribution in [2.24, 2.45) is 0 Å². The molecule has 0 aromatic heterocycles. The molecular weight excluding hydrogens is 268 g/mol. The zero-order chi connectivity index (χ0) is 15.2. The Morgan fingerprint density at radius 3 is 2.45 bits per heavy atom. The van der Waals surface area contributed by atoms with Gasteiger partial charge in [-0.2, -0.15) is 5.26 Å². The normalized spacial score (nSPS) is 18.8. The van der Waals surface area contributed by atoms with E-state index in [0.29, 0.717) is 6.04 Å². The molecule has 1 aliphatic rings. The van der Waals surface area contributed by atoms with Gasteiger partial charge in [0.05, 0.1) is 11.6 Å². The van der Waals surface area contributed by atoms with Crippen LogP contribution in [0, 0.1) is 11.3 Å². The first kappa shape index (κ1) is 14.8. The van der Waals surface area contributed by atoms with Crippen molar-refractivity contribution in [1.82, 2.24) is 4.90 Å². The Labute approximate surface area is 133 Å². The molecule has 2 nitrogen and oxygen atoms in total. The van der Waals surface area contributed by atoms with Crippen LogP contribution in [0.5, 0.6) is 0 Å². The number of rotatable bonds is 4. The third-order valence-corrected chi connectivity index (χ3v) is 4.53. The van der Waals surface area contributed by atoms with Crippen LogP contribution in [0.15, 0.2) is 54.6 Å². The average Bonchev–Trinajstić information content (AvgIpc) is 2.58. The Kier molecular flexibility index (Phi) is 4.88. The third kappa shape index (κ3) is 3.75. The molecule has 112 valence electrons. The molecule has 2 aromatic rings. The molecule has 22 heavy (non-hydrogen) atoms. The average molecular weight is 290 g/mol. The van der Waals surface area contributed by atoms with Gasteiger partial charge in [0, 0.05) is 12.6 Å². The predicted octanol–water partition coefficient (Wildman–Crippen LogP) is 4.16. The quantitative estimate of drug-likeness (QED) is 0.845. The van der Waals surface area contributed by atoms with E-state index < -0.39 is 0 Å². The van der Waals surface area contributed by atoms with Gasteiger partial charge in [-0.25, -0.2) is 0 Å². The van der Waals surface area contributed by atoms with Gasteiger partial charge in [-0.3, -0.25) is 4.90 Å². The van der Waals surface area contributed by atoms with Crippen molar-refractivity contribution in [3.05, 3.63) is 71.3 Å². The summed E-state index contributed by atoms with van der Waals surface area (Å²) >= 11 is 0. The molecule has 1 atom stereocenters. The van der Waals surface area contributed by atoms with Gasteiger partial charge in [-0.15, -0.1) is 0 Å². The van der Waals surface area contributed by atoms with Crippen LogP contribution in [0.2, 0.25) is 0 Å². The van der Waals surface area contributed by atoms with Crippen LogP contribution in [0.4, 0.5) is 0 Å². The van der Waals surface area contributed by atoms with Crippen LogP contribution in [0.3, 0.4) is 0 Å². The largest absolute Gasteiger partial charge is 0.296 e. The van der Waals surface area contributed by atoms with Gasteiger partial charge in [0.1, 0.15) is 0 Å². The third-order valence-electron chi connectivity index (χ3n) is 4.53. The van der Waals surface area contributed by atoms with Crippen LogP contribution >= 0.6 is 0 Å². The first-order valence-electron chi connectivity index (χ1n) is 8.12. The summed E-state index contributed by atoms with van der Waals surface area (Å²) in [5, 5.41) is 8.90. The van der Waals surface area contributed by atoms with Crippen molar-refractivity contribution in [1.29, 1.82) is 5.26 Å². The highest BCUT2D eigenvalue weighted by Crippen LogP contribution is 2.23. The van der Waals surface area contributed by atoms with Gasteiger partial charge in [0.25, 0.3) is 0 Å². The van der Waals surface area contributed by atoms with Gasteiger partial charge < -0.3 is 0 Å². The number of likely N-dealkylation sites (tertiary alicyclic amines) is 1. The number of nitriles is 1. The smallest absolute Gasteiger partial charge is 0.0991 e. The molecule has 1 aliphatic heterocycles. The van der Waals surface area contributed by atoms with E-state index >= 15 is 0 Å². The molecule has 0 N–H and O–H groups in total. The van der Waals surface area contributed by atoms with E-state index in [1.807, 2.05) is 12.1 Å². The van der Waals surface area contributed by atoms with E-state index in [1.54, 1.807) is 0 Å². The highest BCUT2D eigenvalue weighted by molar-refractivity contribution is 5.31. The van der Waals surface area contributed by atoms with Crippen LogP contribution in [0.25, 0.3) is 0 Å². The summed E-state index contributed by atoms with van der Waals surface area (Å²) in [5.41, 5.74) is 3.47. The molecule has 1 heterocycles. The number of hydrogen-bond donors (Lipinski definition) is 0. The highest BCUT2D eigenvalue weighted by Gasteiger charge is 2.22. The van der Waals surface area contributed by atoms with Crippen molar-refractivity contribution >= 4 is 0 Å². The summed E-state index contributed by atoms with van der Waals surface area (Å²) in [7, 11) is 0. The van der Waals surface area contributed by atoms with Gasteiger partial charge in [-0.05, 0) is 49.1 Å². The minimum Gasteiger partial charge on any atom is -0.296 e. The molecular formula is C20H22N2. The number of nitrogens with zero attached hydrogens (tertiary/aromatic N) is 2. The van der Waals surface area contributed by atoms with E-state index in [9.17, 15) is 0 Å². The minimum atomic E-state index is 0.631. The second-order valence-electron chi connectivity index (χ2n) is 6.12. The summed E-state index contributed by atoms with van der Waals surface area (Å²) in [6, 6.07) is 21.6. The van der Waals surface area contributed by atoms with Crippen LogP contribution < -0.4 is 0 Å². The first-order valence-corrected chi connectivity index (χ1v) is 8.12. The Balaban J connectivity index is 1.68. The van der Waals surface area contributed by atoms with Crippen molar-refractivity contribution in [3.63, 3.8) is 0 Å². The maximum Gasteiger partial charge on any atom is 0.0991 e. The van der Waals surface area contributed by atoms with E-state index in [4.69, 9.17) is 5.26 Å². The molecule has 0 saturated carbocycles. The molecule has 1 saturated heterocycles. The van der Waals surface area contributed by atoms with E-state index in [1.165, 1.54) is 36.9 Å². The van der Waals surface area contributed by atoms with Crippen molar-refractivity contribution in [2.75, 3.05) is 6.54 Å². The molecule has 0 aliphatic carbocycles. The van der Waals surface area contributed by atoms with Crippen molar-refractivity contribution < 1.29 is 0 Å². The number of hydrogen-bond acceptors (Lipinski definition) is 2. The maximum absolute atomic E-state index is 8.90. The lowest BCUT2D eigenvalue weighted by Crippen LogP contribution is -2.40. The lowest BCUT2D eigenvalue weighted by Gasteiger charge is -2.36. The lowest BCUT2D eigenvalue weighted by atomic mass is 9.95. The summed E-state index contributed by atoms with van der Waals surface area (Å²) in [6.07, 6.45) is 5.05. The topological polar surface area (TPSA) is 27.0 Å². The van der Waals surface area contributed by atoms with Crippen molar-refractivity contribution in [2.45, 2.75) is 38.3 Å². The summed E-state index contributed by atoms with van der Waals surface area (Å²) < 4.78 is 0. The summed E-state index contributed by atoms with van der Waals surface area (Å²) in [5.74, 6) is 0. The van der Waals surface area contributed by atoms with Crippen LogP contribution in [0.1, 0.15) is 36.0 Å². The number of piperidine rings is 1. The fraction of sp³-hybridized carbons (Fsp3) is 0.350. The van der Waals surface area contributed by atoms with Crippen molar-refractivity contribution in [3.8, 4) is 6.07 Å². The Morgan fingerprint density at radius 2 is 1.73 bits per heavy atom. The molecule has 1 fully saturated rings. The van der Waals surface area contributed by atoms with Gasteiger partial charge in [-0.1, -0.05) is 48.9 Å². The maximum atomic E-state index is 8.90. The predicted molar refractivity (Wildman–Crippen MR) is 89.4 cm³/mol. The minimum absolute atomic E-state index is 0.631. The highest BCUT2D eigenvalue weighted by atomic mass is 15.2. The molecule has 0 amide bonds. The zero-order valence-electron chi connectivity index (χ0n) is 12.9. The van der Waals surface area contributed by atoms with Crippen LogP contribution in [-0.2, 0) is 13.0 Å². The van der Waals surface area contributed by atoms with E-state index in [2.05, 4.69) is 53.4 Å². The molecule has 0 spiro atoms. The summed E-state index contributed by atoms with van der Waals surface area (Å²) in [4.78, 5) is 2.61. The first-order chi connectivity index (χ1) is 10.8. The monoisotopic (exact) mass is 290 g/mol. The fourth-order valence-corrected chi connectivity index (χ4v) is 3.30. The van der Waals surface area contributed by atoms with E-state index in [-0.39, 0.29) is 0 Å². The van der Waals surface area contributed by atoms with Gasteiger partial charge >= 0.3 is 0 Å². The SMILES string of the molecule is N#Cc1ccc(CN2CCCC[C@H]2Cc2ccccc2)cc1. The summed E-state index contributed by atoms with van der Waals surface area (Å²) in [6.45, 7) is 2.17. The molecule has 2 aromatic carbocycles. The van der Waals surface area contributed by atoms with Gasteiger partial charge in [0.15, 0.2) is 0 Å². The molecule has 2 heteroatoms. The zero-order valence-corrected chi connectivity index (χ0v) is 12.9. The Morgan fingerprint density at radius 1 is 0.955 bits per heavy atom. The lowest BCUT2D eigenvalue weighted by molar-refractivity contribution is 0.139. The molecule has 0 bridgehead atoms. The Bertz CT molecular complexity index is 625. The van der Waals surface area contributed by atoms with E-state index in [0.717, 1.165) is 18.5 Å². The fourth-order valence-electron chi connectivity index (χ4n) is 3.30. The second kappa shape index (κ2) is 7.24. The van der Waals surface area contributed by atoms with Crippen LogP contribution in [-0.4, -0.2) is 17.5 Å². The Hall–Kier alpha value is -2.11. The standard InChI is InChI=1S/C20H22N2/c21-15-18-9-11-19(12-10-18)16-22-13-5-4-8-20(22)14-17-6-2-1-3-7-17/h1-3,6-7,9-12,20H,4-5,8,13-14,16H2/t20-/m0/s1.